The summed E-state index contributed by atoms with van der Waals surface area (Å²) >= 11 is 0. The molecule has 3 atom stereocenters. The molecule has 2 fully saturated rings. The summed E-state index contributed by atoms with van der Waals surface area (Å²) < 4.78 is 17.0. The SMILES string of the molecule is CC(=O)c1c(C2C[C@H]3CC[C@@H](C2)N3C(=O)CO)nc2c(-c3ccc(-c4nn(C)cc4F)nc3)cnn2c1N. The van der Waals surface area contributed by atoms with E-state index in [-0.39, 0.29) is 41.2 Å². The summed E-state index contributed by atoms with van der Waals surface area (Å²) in [7, 11) is 1.64. The Kier molecular flexibility index (Phi) is 5.71. The van der Waals surface area contributed by atoms with Gasteiger partial charge in [-0.1, -0.05) is 6.07 Å². The minimum absolute atomic E-state index is 0.00873. The molecule has 0 saturated carbocycles. The molecule has 2 saturated heterocycles. The van der Waals surface area contributed by atoms with E-state index in [2.05, 4.69) is 15.2 Å². The van der Waals surface area contributed by atoms with Crippen molar-refractivity contribution in [3.05, 3.63) is 47.8 Å². The van der Waals surface area contributed by atoms with Crippen molar-refractivity contribution in [2.45, 2.75) is 50.6 Å². The first-order chi connectivity index (χ1) is 18.3. The van der Waals surface area contributed by atoms with E-state index in [4.69, 9.17) is 10.7 Å². The fourth-order valence-electron chi connectivity index (χ4n) is 6.11. The Balaban J connectivity index is 1.41. The first-order valence-corrected chi connectivity index (χ1v) is 12.5. The molecule has 0 aromatic carbocycles. The van der Waals surface area contributed by atoms with Crippen LogP contribution in [0, 0.1) is 5.82 Å². The average molecular weight is 519 g/mol. The number of nitrogens with two attached hydrogens (primary N) is 1. The van der Waals surface area contributed by atoms with Crippen LogP contribution in [0.3, 0.4) is 0 Å². The van der Waals surface area contributed by atoms with Gasteiger partial charge in [-0.25, -0.2) is 9.37 Å². The van der Waals surface area contributed by atoms with Gasteiger partial charge in [0, 0.05) is 42.4 Å². The molecule has 4 aromatic rings. The van der Waals surface area contributed by atoms with Crippen molar-refractivity contribution in [3.63, 3.8) is 0 Å². The van der Waals surface area contributed by atoms with Gasteiger partial charge in [-0.15, -0.1) is 0 Å². The van der Waals surface area contributed by atoms with Crippen LogP contribution in [0.4, 0.5) is 10.2 Å². The molecule has 0 spiro atoms. The Hall–Kier alpha value is -4.19. The summed E-state index contributed by atoms with van der Waals surface area (Å²) in [5.41, 5.74) is 9.87. The Morgan fingerprint density at radius 1 is 1.18 bits per heavy atom. The van der Waals surface area contributed by atoms with Crippen LogP contribution in [-0.2, 0) is 11.8 Å². The van der Waals surface area contributed by atoms with Crippen molar-refractivity contribution in [2.75, 3.05) is 12.3 Å². The molecule has 1 amide bonds. The van der Waals surface area contributed by atoms with E-state index in [9.17, 15) is 19.1 Å². The molecule has 1 unspecified atom stereocenters. The number of hydrogen-bond donors (Lipinski definition) is 2. The van der Waals surface area contributed by atoms with E-state index in [1.54, 1.807) is 36.5 Å². The van der Waals surface area contributed by atoms with Crippen molar-refractivity contribution >= 4 is 23.2 Å². The number of amides is 1. The van der Waals surface area contributed by atoms with Crippen molar-refractivity contribution < 1.29 is 19.1 Å². The summed E-state index contributed by atoms with van der Waals surface area (Å²) in [6, 6.07) is 3.46. The fraction of sp³-hybridized carbons (Fsp3) is 0.385. The van der Waals surface area contributed by atoms with E-state index in [1.807, 2.05) is 0 Å². The van der Waals surface area contributed by atoms with Crippen LogP contribution in [0.25, 0.3) is 28.2 Å². The van der Waals surface area contributed by atoms with Crippen molar-refractivity contribution in [1.29, 1.82) is 0 Å². The highest BCUT2D eigenvalue weighted by Gasteiger charge is 2.44. The highest BCUT2D eigenvalue weighted by atomic mass is 19.1. The molecule has 6 heterocycles. The van der Waals surface area contributed by atoms with Gasteiger partial charge in [0.1, 0.15) is 18.1 Å². The van der Waals surface area contributed by atoms with Gasteiger partial charge < -0.3 is 15.7 Å². The number of carbonyl (C=O) groups excluding carboxylic acids is 2. The first kappa shape index (κ1) is 24.2. The number of fused-ring (bicyclic) bond motifs is 3. The van der Waals surface area contributed by atoms with Crippen LogP contribution in [-0.4, -0.2) is 69.7 Å². The molecule has 0 aliphatic carbocycles. The Morgan fingerprint density at radius 2 is 1.92 bits per heavy atom. The topological polar surface area (TPSA) is 145 Å². The van der Waals surface area contributed by atoms with Gasteiger partial charge in [-0.05, 0) is 38.7 Å². The minimum atomic E-state index is -0.507. The first-order valence-electron chi connectivity index (χ1n) is 12.5. The van der Waals surface area contributed by atoms with E-state index >= 15 is 0 Å². The maximum absolute atomic E-state index is 14.2. The number of aryl methyl sites for hydroxylation is 1. The van der Waals surface area contributed by atoms with Crippen LogP contribution in [0.2, 0.25) is 0 Å². The molecule has 2 aliphatic rings. The highest BCUT2D eigenvalue weighted by molar-refractivity contribution is 6.00. The molecule has 2 bridgehead atoms. The summed E-state index contributed by atoms with van der Waals surface area (Å²) in [5, 5.41) is 17.9. The largest absolute Gasteiger partial charge is 0.387 e. The molecular formula is C26H27FN8O3. The normalized spacial score (nSPS) is 20.8. The molecular weight excluding hydrogens is 491 g/mol. The lowest BCUT2D eigenvalue weighted by Crippen LogP contribution is -2.47. The number of rotatable bonds is 5. The number of aliphatic hydroxyl groups excluding tert-OH is 1. The molecule has 4 aromatic heterocycles. The van der Waals surface area contributed by atoms with Crippen molar-refractivity contribution in [2.24, 2.45) is 7.05 Å². The number of ketones is 1. The summed E-state index contributed by atoms with van der Waals surface area (Å²) in [5.74, 6) is -0.777. The van der Waals surface area contributed by atoms with Crippen LogP contribution < -0.4 is 5.73 Å². The van der Waals surface area contributed by atoms with E-state index in [0.29, 0.717) is 46.6 Å². The van der Waals surface area contributed by atoms with Gasteiger partial charge in [-0.3, -0.25) is 19.3 Å². The smallest absolute Gasteiger partial charge is 0.248 e. The third-order valence-electron chi connectivity index (χ3n) is 7.71. The average Bonchev–Trinajstić information content (AvgIpc) is 3.56. The number of halogens is 1. The number of piperidine rings is 1. The van der Waals surface area contributed by atoms with Gasteiger partial charge in [-0.2, -0.15) is 14.7 Å². The lowest BCUT2D eigenvalue weighted by atomic mass is 9.85. The standard InChI is InChI=1S/C26H27FN8O3/c1-13(37)22-23(15-7-16-4-5-17(8-15)34(16)21(38)12-36)31-26-18(10-30-35(26)25(22)28)14-3-6-20(29-9-14)24-19(27)11-33(2)32-24/h3,6,9-11,15-17,36H,4-5,7-8,12,28H2,1-2H3/t15?,16-,17+. The summed E-state index contributed by atoms with van der Waals surface area (Å²) in [6.07, 6.45) is 7.50. The van der Waals surface area contributed by atoms with E-state index in [0.717, 1.165) is 12.8 Å². The maximum atomic E-state index is 14.2. The maximum Gasteiger partial charge on any atom is 0.248 e. The lowest BCUT2D eigenvalue weighted by Gasteiger charge is -2.39. The monoisotopic (exact) mass is 518 g/mol. The molecule has 196 valence electrons. The number of Topliss-reactive ketones (excluding diaryl/α,β-unsaturated/α-hetero) is 1. The number of hydrogen-bond acceptors (Lipinski definition) is 8. The Bertz CT molecular complexity index is 1560. The third-order valence-corrected chi connectivity index (χ3v) is 7.71. The van der Waals surface area contributed by atoms with Crippen LogP contribution in [0.5, 0.6) is 0 Å². The van der Waals surface area contributed by atoms with Crippen molar-refractivity contribution in [1.82, 2.24) is 34.3 Å². The zero-order chi connectivity index (χ0) is 26.7. The molecule has 2 aliphatic heterocycles. The van der Waals surface area contributed by atoms with Gasteiger partial charge in [0.2, 0.25) is 5.91 Å². The third kappa shape index (κ3) is 3.74. The second-order valence-electron chi connectivity index (χ2n) is 10.1. The number of carbonyl (C=O) groups is 2. The van der Waals surface area contributed by atoms with E-state index < -0.39 is 12.4 Å². The Labute approximate surface area is 217 Å². The second-order valence-corrected chi connectivity index (χ2v) is 10.1. The molecule has 12 heteroatoms. The number of nitrogen functional groups attached to an aromatic ring is 1. The van der Waals surface area contributed by atoms with Gasteiger partial charge >= 0.3 is 0 Å². The summed E-state index contributed by atoms with van der Waals surface area (Å²) in [6.45, 7) is 0.956. The van der Waals surface area contributed by atoms with Gasteiger partial charge in [0.15, 0.2) is 17.2 Å². The molecule has 38 heavy (non-hydrogen) atoms. The minimum Gasteiger partial charge on any atom is -0.387 e. The number of aromatic nitrogens is 6. The van der Waals surface area contributed by atoms with Crippen LogP contribution in [0.1, 0.15) is 54.6 Å². The number of aliphatic hydroxyl groups is 1. The molecule has 3 N–H and O–H groups in total. The fourth-order valence-corrected chi connectivity index (χ4v) is 6.11. The molecule has 0 radical (unpaired) electrons. The van der Waals surface area contributed by atoms with Gasteiger partial charge in [0.05, 0.1) is 29.3 Å². The Morgan fingerprint density at radius 3 is 2.50 bits per heavy atom. The highest BCUT2D eigenvalue weighted by Crippen LogP contribution is 2.44. The van der Waals surface area contributed by atoms with Crippen LogP contribution >= 0.6 is 0 Å². The van der Waals surface area contributed by atoms with Crippen LogP contribution in [0.15, 0.2) is 30.7 Å². The predicted octanol–water partition coefficient (Wildman–Crippen LogP) is 2.34. The lowest BCUT2D eigenvalue weighted by molar-refractivity contribution is -0.138. The number of anilines is 1. The predicted molar refractivity (Wildman–Crippen MR) is 136 cm³/mol. The quantitative estimate of drug-likeness (QED) is 0.383. The number of nitrogens with zero attached hydrogens (tertiary/aromatic N) is 7. The number of pyridine rings is 1. The zero-order valence-corrected chi connectivity index (χ0v) is 21.0. The van der Waals surface area contributed by atoms with Crippen molar-refractivity contribution in [3.8, 4) is 22.5 Å². The molecule has 6 rings (SSSR count). The second kappa shape index (κ2) is 8.98. The summed E-state index contributed by atoms with van der Waals surface area (Å²) in [4.78, 5) is 36.2. The van der Waals surface area contributed by atoms with Gasteiger partial charge in [0.25, 0.3) is 0 Å². The zero-order valence-electron chi connectivity index (χ0n) is 21.0. The molecule has 11 nitrogen and oxygen atoms in total. The van der Waals surface area contributed by atoms with E-state index in [1.165, 1.54) is 22.3 Å².